The number of carboxylic acids is 3. The fourth-order valence-electron chi connectivity index (χ4n) is 3.88. The molecule has 5 rings (SSSR count). The van der Waals surface area contributed by atoms with Gasteiger partial charge in [-0.2, -0.15) is 50.9 Å². The van der Waals surface area contributed by atoms with E-state index in [9.17, 15) is 39.5 Å². The molecule has 0 radical (unpaired) electrons. The smallest absolute Gasteiger partial charge is 0.475 e. The third-order valence-electron chi connectivity index (χ3n) is 6.22. The fraction of sp³-hybridized carbons (Fsp3) is 0.333. The minimum Gasteiger partial charge on any atom is -0.475 e. The lowest BCUT2D eigenvalue weighted by molar-refractivity contribution is -0.193. The summed E-state index contributed by atoms with van der Waals surface area (Å²) in [5, 5.41) is 34.8. The van der Waals surface area contributed by atoms with E-state index in [1.54, 1.807) is 11.3 Å². The van der Waals surface area contributed by atoms with Gasteiger partial charge in [-0.25, -0.2) is 18.9 Å². The molecule has 1 fully saturated rings. The number of carboxylic acid groups (broad SMARTS) is 3. The number of carbonyl (C=O) groups is 3. The molecule has 1 aliphatic heterocycles. The number of rotatable bonds is 4. The van der Waals surface area contributed by atoms with Crippen LogP contribution < -0.4 is 0 Å². The highest BCUT2D eigenvalue weighted by molar-refractivity contribution is 7.07. The Morgan fingerprint density at radius 3 is 1.82 bits per heavy atom. The van der Waals surface area contributed by atoms with Crippen LogP contribution in [0, 0.1) is 0 Å². The molecule has 22 heteroatoms. The van der Waals surface area contributed by atoms with Gasteiger partial charge in [-0.05, 0) is 53.2 Å². The largest absolute Gasteiger partial charge is 0.490 e. The maximum Gasteiger partial charge on any atom is 0.490 e. The maximum atomic E-state index is 10.6. The van der Waals surface area contributed by atoms with Crippen LogP contribution in [0.15, 0.2) is 59.7 Å². The van der Waals surface area contributed by atoms with Crippen LogP contribution in [0.5, 0.6) is 0 Å². The molecule has 5 heterocycles. The Balaban J connectivity index is 0.000000325. The first-order valence-corrected chi connectivity index (χ1v) is 14.1. The molecule has 0 saturated carbocycles. The lowest BCUT2D eigenvalue weighted by Gasteiger charge is -2.38. The number of alkyl halides is 9. The number of aromatic nitrogens is 4. The molecule has 0 amide bonds. The second-order valence-electron chi connectivity index (χ2n) is 9.73. The van der Waals surface area contributed by atoms with Crippen molar-refractivity contribution >= 4 is 34.8 Å². The van der Waals surface area contributed by atoms with E-state index >= 15 is 0 Å². The molecule has 1 aliphatic rings. The predicted molar refractivity (Wildman–Crippen MR) is 152 cm³/mol. The summed E-state index contributed by atoms with van der Waals surface area (Å²) in [6.45, 7) is 4.07. The van der Waals surface area contributed by atoms with Crippen molar-refractivity contribution in [3.8, 4) is 11.1 Å². The van der Waals surface area contributed by atoms with Crippen molar-refractivity contribution in [1.82, 2.24) is 29.6 Å². The van der Waals surface area contributed by atoms with E-state index in [-0.39, 0.29) is 6.04 Å². The normalized spacial score (nSPS) is 15.5. The molecule has 0 spiro atoms. The summed E-state index contributed by atoms with van der Waals surface area (Å²) in [5.74, 6) is -8.27. The van der Waals surface area contributed by atoms with E-state index in [0.29, 0.717) is 0 Å². The number of piperazine rings is 1. The number of aliphatic carboxylic acids is 3. The maximum absolute atomic E-state index is 10.6. The number of pyridine rings is 2. The fourth-order valence-corrected chi connectivity index (χ4v) is 4.54. The summed E-state index contributed by atoms with van der Waals surface area (Å²) in [5.41, 5.74) is 5.77. The van der Waals surface area contributed by atoms with Gasteiger partial charge in [0.1, 0.15) is 5.69 Å². The first-order valence-electron chi connectivity index (χ1n) is 13.2. The first-order chi connectivity index (χ1) is 22.6. The molecule has 1 saturated heterocycles. The molecular formula is C27H25F9N6O6S. The quantitative estimate of drug-likeness (QED) is 0.236. The predicted octanol–water partition coefficient (Wildman–Crippen LogP) is 5.24. The zero-order valence-electron chi connectivity index (χ0n) is 24.7. The van der Waals surface area contributed by atoms with Crippen LogP contribution in [-0.2, 0) is 20.9 Å². The summed E-state index contributed by atoms with van der Waals surface area (Å²) in [6.07, 6.45) is -9.58. The number of hydrogen-bond acceptors (Lipinski definition) is 9. The zero-order valence-corrected chi connectivity index (χ0v) is 25.6. The highest BCUT2D eigenvalue weighted by atomic mass is 32.1. The first kappa shape index (κ1) is 40.3. The van der Waals surface area contributed by atoms with Crippen molar-refractivity contribution < 1.29 is 69.2 Å². The van der Waals surface area contributed by atoms with E-state index in [0.717, 1.165) is 48.5 Å². The Morgan fingerprint density at radius 2 is 1.35 bits per heavy atom. The van der Waals surface area contributed by atoms with Gasteiger partial charge >= 0.3 is 36.4 Å². The van der Waals surface area contributed by atoms with E-state index < -0.39 is 36.4 Å². The standard InChI is InChI=1S/C21H22N6S.3C2HF3O2/c1-25-9-10-26(12-16-6-11-28-15-16)14-20(25)21-19-3-2-18(13-27(19)24-23-21)17-4-7-22-8-5-17;3*3-2(4,5)1(6)7/h2-8,11,13,15,20H,9-10,12,14H2,1H3;3*(H,6,7). The number of hydrogen-bond donors (Lipinski definition) is 3. The highest BCUT2D eigenvalue weighted by Gasteiger charge is 2.39. The van der Waals surface area contributed by atoms with Crippen LogP contribution in [0.4, 0.5) is 39.5 Å². The molecule has 1 atom stereocenters. The third kappa shape index (κ3) is 12.9. The molecule has 268 valence electrons. The van der Waals surface area contributed by atoms with Crippen LogP contribution >= 0.6 is 11.3 Å². The monoisotopic (exact) mass is 732 g/mol. The van der Waals surface area contributed by atoms with Crippen LogP contribution in [0.1, 0.15) is 17.3 Å². The average molecular weight is 733 g/mol. The molecule has 49 heavy (non-hydrogen) atoms. The van der Waals surface area contributed by atoms with Crippen molar-refractivity contribution in [3.63, 3.8) is 0 Å². The van der Waals surface area contributed by atoms with Crippen molar-refractivity contribution in [2.75, 3.05) is 26.7 Å². The second kappa shape index (κ2) is 17.0. The lowest BCUT2D eigenvalue weighted by atomic mass is 10.1. The molecule has 0 aromatic carbocycles. The van der Waals surface area contributed by atoms with Gasteiger partial charge in [0.15, 0.2) is 0 Å². The topological polar surface area (TPSA) is 161 Å². The summed E-state index contributed by atoms with van der Waals surface area (Å²) in [6, 6.07) is 10.8. The summed E-state index contributed by atoms with van der Waals surface area (Å²) < 4.78 is 97.1. The molecule has 0 bridgehead atoms. The summed E-state index contributed by atoms with van der Waals surface area (Å²) >= 11 is 1.76. The van der Waals surface area contributed by atoms with E-state index in [4.69, 9.17) is 29.7 Å². The minimum absolute atomic E-state index is 0.247. The lowest BCUT2D eigenvalue weighted by Crippen LogP contribution is -2.46. The van der Waals surface area contributed by atoms with Crippen LogP contribution in [0.2, 0.25) is 0 Å². The number of fused-ring (bicyclic) bond motifs is 1. The Bertz CT molecular complexity index is 1610. The Morgan fingerprint density at radius 1 is 0.816 bits per heavy atom. The second-order valence-corrected chi connectivity index (χ2v) is 10.5. The summed E-state index contributed by atoms with van der Waals surface area (Å²) in [7, 11) is 2.18. The van der Waals surface area contributed by atoms with Gasteiger partial charge in [-0.15, -0.1) is 5.10 Å². The van der Waals surface area contributed by atoms with E-state index in [2.05, 4.69) is 61.1 Å². The molecule has 0 aliphatic carbocycles. The molecule has 1 unspecified atom stereocenters. The van der Waals surface area contributed by atoms with Crippen LogP contribution in [0.3, 0.4) is 0 Å². The molecule has 4 aromatic heterocycles. The van der Waals surface area contributed by atoms with Crippen molar-refractivity contribution in [2.45, 2.75) is 31.1 Å². The molecule has 4 aromatic rings. The Hall–Kier alpha value is -4.83. The minimum atomic E-state index is -5.08. The van der Waals surface area contributed by atoms with Gasteiger partial charge in [0.2, 0.25) is 0 Å². The van der Waals surface area contributed by atoms with Crippen LogP contribution in [0.25, 0.3) is 16.6 Å². The van der Waals surface area contributed by atoms with E-state index in [1.165, 1.54) is 5.56 Å². The zero-order chi connectivity index (χ0) is 37.2. The van der Waals surface area contributed by atoms with Crippen molar-refractivity contribution in [3.05, 3.63) is 70.9 Å². The SMILES string of the molecule is CN1CCN(Cc2ccsc2)CC1c1nnn2cc(-c3ccncc3)ccc12.O=C(O)C(F)(F)F.O=C(O)C(F)(F)F.O=C(O)C(F)(F)F. The summed E-state index contributed by atoms with van der Waals surface area (Å²) in [4.78, 5) is 35.7. The number of likely N-dealkylation sites (N-methyl/N-ethyl adjacent to an activating group) is 1. The van der Waals surface area contributed by atoms with E-state index in [1.807, 2.05) is 35.2 Å². The van der Waals surface area contributed by atoms with Gasteiger partial charge in [-0.3, -0.25) is 14.8 Å². The molecule has 3 N–H and O–H groups in total. The van der Waals surface area contributed by atoms with Gasteiger partial charge in [0, 0.05) is 50.3 Å². The highest BCUT2D eigenvalue weighted by Crippen LogP contribution is 2.28. The number of nitrogens with zero attached hydrogens (tertiary/aromatic N) is 6. The molecular weight excluding hydrogens is 707 g/mol. The van der Waals surface area contributed by atoms with Gasteiger partial charge < -0.3 is 15.3 Å². The van der Waals surface area contributed by atoms with Gasteiger partial charge in [0.25, 0.3) is 0 Å². The number of thiophene rings is 1. The molecule has 12 nitrogen and oxygen atoms in total. The number of halogens is 9. The van der Waals surface area contributed by atoms with Gasteiger partial charge in [-0.1, -0.05) is 11.3 Å². The van der Waals surface area contributed by atoms with Gasteiger partial charge in [0.05, 0.1) is 11.6 Å². The van der Waals surface area contributed by atoms with Crippen molar-refractivity contribution in [1.29, 1.82) is 0 Å². The average Bonchev–Trinajstić information content (AvgIpc) is 3.68. The third-order valence-corrected chi connectivity index (χ3v) is 6.95. The van der Waals surface area contributed by atoms with Crippen molar-refractivity contribution in [2.24, 2.45) is 0 Å². The van der Waals surface area contributed by atoms with Crippen LogP contribution in [-0.4, -0.2) is 108 Å². The Kier molecular flexibility index (Phi) is 14.0. The Labute approximate surface area is 273 Å².